The second-order valence-corrected chi connectivity index (χ2v) is 13.6. The van der Waals surface area contributed by atoms with Gasteiger partial charge in [0.25, 0.3) is 0 Å². The van der Waals surface area contributed by atoms with Crippen molar-refractivity contribution in [2.75, 3.05) is 5.75 Å². The van der Waals surface area contributed by atoms with E-state index in [0.717, 1.165) is 24.3 Å². The number of hydrogen-bond donors (Lipinski definition) is 0. The molecule has 0 saturated heterocycles. The Kier molecular flexibility index (Phi) is 9.13. The fourth-order valence-corrected chi connectivity index (χ4v) is 8.34. The van der Waals surface area contributed by atoms with Crippen LogP contribution >= 0.6 is 7.60 Å². The lowest BCUT2D eigenvalue weighted by Crippen LogP contribution is -2.54. The highest BCUT2D eigenvalue weighted by molar-refractivity contribution is 7.92. The molecule has 1 atom stereocenters. The van der Waals surface area contributed by atoms with Crippen LogP contribution in [0.5, 0.6) is 0 Å². The summed E-state index contributed by atoms with van der Waals surface area (Å²) in [4.78, 5) is 3.70. The Hall–Kier alpha value is -3.38. The van der Waals surface area contributed by atoms with Crippen molar-refractivity contribution in [1.82, 2.24) is 14.8 Å². The fraction of sp³-hybridized carbons (Fsp3) is 0.259. The molecule has 14 heteroatoms. The number of hydrogen-bond acceptors (Lipinski definition) is 7. The summed E-state index contributed by atoms with van der Waals surface area (Å²) < 4.78 is 117. The second kappa shape index (κ2) is 12.2. The van der Waals surface area contributed by atoms with Crippen molar-refractivity contribution >= 4 is 17.4 Å². The maximum Gasteiger partial charge on any atom is 0.368 e. The molecule has 1 heterocycles. The summed E-state index contributed by atoms with van der Waals surface area (Å²) in [6, 6.07) is 17.6. The summed E-state index contributed by atoms with van der Waals surface area (Å²) in [6.07, 6.45) is 1.93. The number of halogens is 4. The Morgan fingerprint density at radius 3 is 1.93 bits per heavy atom. The first-order chi connectivity index (χ1) is 19.5. The molecule has 0 N–H and O–H groups in total. The molecule has 0 aliphatic carbocycles. The molecule has 1 unspecified atom stereocenters. The van der Waals surface area contributed by atoms with Crippen molar-refractivity contribution in [3.8, 4) is 0 Å². The minimum Gasteiger partial charge on any atom is -0.303 e. The molecular weight excluding hydrogens is 585 g/mol. The summed E-state index contributed by atoms with van der Waals surface area (Å²) in [5.74, 6) is -3.82. The van der Waals surface area contributed by atoms with Crippen molar-refractivity contribution in [1.29, 1.82) is 0 Å². The summed E-state index contributed by atoms with van der Waals surface area (Å²) in [5, 5.41) is -4.80. The molecule has 4 aromatic rings. The van der Waals surface area contributed by atoms with Gasteiger partial charge in [0.1, 0.15) is 24.3 Å². The van der Waals surface area contributed by atoms with E-state index in [2.05, 4.69) is 10.1 Å². The third-order valence-corrected chi connectivity index (χ3v) is 11.0. The van der Waals surface area contributed by atoms with Crippen LogP contribution in [0.15, 0.2) is 91.5 Å². The van der Waals surface area contributed by atoms with Crippen LogP contribution in [0.4, 0.5) is 17.6 Å². The molecule has 0 saturated carbocycles. The van der Waals surface area contributed by atoms with Crippen LogP contribution in [-0.2, 0) is 48.4 Å². The Bertz CT molecular complexity index is 1560. The van der Waals surface area contributed by atoms with Crippen molar-refractivity contribution in [2.45, 2.75) is 37.1 Å². The van der Waals surface area contributed by atoms with E-state index in [0.29, 0.717) is 29.3 Å². The van der Waals surface area contributed by atoms with Crippen LogP contribution in [0.3, 0.4) is 0 Å². The van der Waals surface area contributed by atoms with Gasteiger partial charge in [-0.1, -0.05) is 73.7 Å². The van der Waals surface area contributed by atoms with E-state index in [1.807, 2.05) is 0 Å². The van der Waals surface area contributed by atoms with Gasteiger partial charge in [0.15, 0.2) is 5.16 Å². The van der Waals surface area contributed by atoms with Crippen LogP contribution in [0.1, 0.15) is 23.6 Å². The summed E-state index contributed by atoms with van der Waals surface area (Å²) >= 11 is 0. The van der Waals surface area contributed by atoms with Crippen molar-refractivity contribution < 1.29 is 39.6 Å². The Morgan fingerprint density at radius 2 is 1.46 bits per heavy atom. The Morgan fingerprint density at radius 1 is 0.902 bits per heavy atom. The molecule has 4 rings (SSSR count). The molecule has 0 bridgehead atoms. The first-order valence-electron chi connectivity index (χ1n) is 12.3. The lowest BCUT2D eigenvalue weighted by Gasteiger charge is -2.43. The first kappa shape index (κ1) is 30.6. The number of nitrogens with zero attached hydrogens (tertiary/aromatic N) is 3. The van der Waals surface area contributed by atoms with Gasteiger partial charge in [-0.15, -0.1) is 0 Å². The van der Waals surface area contributed by atoms with E-state index in [9.17, 15) is 12.8 Å². The predicted molar refractivity (Wildman–Crippen MR) is 143 cm³/mol. The van der Waals surface area contributed by atoms with Crippen LogP contribution in [-0.4, -0.2) is 34.2 Å². The predicted octanol–water partition coefficient (Wildman–Crippen LogP) is 6.11. The van der Waals surface area contributed by atoms with Gasteiger partial charge in [0, 0.05) is 11.6 Å². The van der Waals surface area contributed by atoms with E-state index in [1.54, 1.807) is 60.7 Å². The van der Waals surface area contributed by atoms with E-state index >= 15 is 17.7 Å². The van der Waals surface area contributed by atoms with Crippen molar-refractivity contribution in [2.24, 2.45) is 0 Å². The number of benzene rings is 3. The molecule has 3 aromatic carbocycles. The van der Waals surface area contributed by atoms with Crippen LogP contribution < -0.4 is 0 Å². The molecule has 1 aromatic heterocycles. The molecular formula is C27H26F4N3O5PS. The lowest BCUT2D eigenvalue weighted by molar-refractivity contribution is 0.00675. The molecule has 0 amide bonds. The highest BCUT2D eigenvalue weighted by Crippen LogP contribution is 2.72. The van der Waals surface area contributed by atoms with E-state index in [-0.39, 0.29) is 0 Å². The van der Waals surface area contributed by atoms with Gasteiger partial charge in [-0.2, -0.15) is 13.9 Å². The lowest BCUT2D eigenvalue weighted by atomic mass is 9.97. The summed E-state index contributed by atoms with van der Waals surface area (Å²) in [6.45, 7) is -1.40. The zero-order valence-corrected chi connectivity index (χ0v) is 23.4. The maximum atomic E-state index is 16.8. The average molecular weight is 612 g/mol. The van der Waals surface area contributed by atoms with Crippen molar-refractivity contribution in [3.05, 3.63) is 120 Å². The Labute approximate surface area is 234 Å². The van der Waals surface area contributed by atoms with Gasteiger partial charge in [-0.3, -0.25) is 9.25 Å². The largest absolute Gasteiger partial charge is 0.368 e. The molecule has 41 heavy (non-hydrogen) atoms. The molecule has 0 fully saturated rings. The van der Waals surface area contributed by atoms with Gasteiger partial charge < -0.3 is 9.05 Å². The number of sulfone groups is 1. The zero-order valence-electron chi connectivity index (χ0n) is 21.7. The highest BCUT2D eigenvalue weighted by atomic mass is 32.2. The van der Waals surface area contributed by atoms with Gasteiger partial charge in [-0.25, -0.2) is 22.2 Å². The Balaban J connectivity index is 2.04. The monoisotopic (exact) mass is 611 g/mol. The number of alkyl halides is 2. The summed E-state index contributed by atoms with van der Waals surface area (Å²) in [7, 11) is -11.0. The average Bonchev–Trinajstić information content (AvgIpc) is 3.48. The molecule has 0 spiro atoms. The third-order valence-electron chi connectivity index (χ3n) is 6.44. The fourth-order valence-electron chi connectivity index (χ4n) is 4.26. The first-order valence-corrected chi connectivity index (χ1v) is 15.5. The zero-order chi connectivity index (χ0) is 29.7. The smallest absolute Gasteiger partial charge is 0.303 e. The topological polar surface area (TPSA) is 100 Å². The maximum absolute atomic E-state index is 16.8. The molecule has 8 nitrogen and oxygen atoms in total. The van der Waals surface area contributed by atoms with Crippen LogP contribution in [0.2, 0.25) is 0 Å². The van der Waals surface area contributed by atoms with Gasteiger partial charge in [0.2, 0.25) is 9.84 Å². The van der Waals surface area contributed by atoms with Gasteiger partial charge in [-0.05, 0) is 17.2 Å². The standard InChI is InChI=1S/C27H26F4N3O5PS/c1-2-41(36,37)27(30,31)26(18-34-20-32-19-33-34,24-14-13-23(28)15-25(24)29)40(35,38-16-21-9-5-3-6-10-21)39-17-22-11-7-4-8-12-22/h3-15,19-20H,2,16-18H2,1H3. The van der Waals surface area contributed by atoms with E-state index in [1.165, 1.54) is 0 Å². The number of aromatic nitrogens is 3. The number of rotatable bonds is 13. The normalized spacial score (nSPS) is 14.1. The van der Waals surface area contributed by atoms with E-state index in [4.69, 9.17) is 9.05 Å². The highest BCUT2D eigenvalue weighted by Gasteiger charge is 2.74. The molecule has 0 radical (unpaired) electrons. The SMILES string of the molecule is CCS(=O)(=O)C(F)(F)C(Cn1cncn1)(c1ccc(F)cc1F)P(=O)(OCc1ccccc1)OCc1ccccc1. The van der Waals surface area contributed by atoms with Crippen LogP contribution in [0, 0.1) is 11.6 Å². The minimum atomic E-state index is -5.51. The summed E-state index contributed by atoms with van der Waals surface area (Å²) in [5.41, 5.74) is -0.334. The van der Waals surface area contributed by atoms with Gasteiger partial charge >= 0.3 is 12.9 Å². The van der Waals surface area contributed by atoms with Crippen LogP contribution in [0.25, 0.3) is 0 Å². The minimum absolute atomic E-state index is 0.290. The molecule has 0 aliphatic rings. The third kappa shape index (κ3) is 5.99. The van der Waals surface area contributed by atoms with E-state index < -0.39 is 70.6 Å². The molecule has 218 valence electrons. The molecule has 0 aliphatic heterocycles. The second-order valence-electron chi connectivity index (χ2n) is 9.01. The van der Waals surface area contributed by atoms with Crippen molar-refractivity contribution in [3.63, 3.8) is 0 Å². The quantitative estimate of drug-likeness (QED) is 0.133. The van der Waals surface area contributed by atoms with Gasteiger partial charge in [0.05, 0.1) is 25.5 Å².